The number of fused-ring (bicyclic) bond motifs is 1. The fraction of sp³-hybridized carbons (Fsp3) is 0.375. The highest BCUT2D eigenvalue weighted by molar-refractivity contribution is 7.99. The normalized spacial score (nSPS) is 16.3. The number of nitrogens with zero attached hydrogens (tertiary/aromatic N) is 4. The van der Waals surface area contributed by atoms with E-state index < -0.39 is 40.8 Å². The van der Waals surface area contributed by atoms with Crippen molar-refractivity contribution < 1.29 is 28.2 Å². The number of methoxy groups -OCH3 is 1. The molecule has 3 aromatic rings. The number of carbonyl (C=O) groups excluding carboxylic acids is 2. The van der Waals surface area contributed by atoms with Gasteiger partial charge in [-0.05, 0) is 72.3 Å². The van der Waals surface area contributed by atoms with Gasteiger partial charge in [-0.25, -0.2) is 4.79 Å². The predicted molar refractivity (Wildman–Crippen MR) is 178 cm³/mol. The Labute approximate surface area is 294 Å². The number of nitrogens with one attached hydrogen (secondary N) is 1. The SMILES string of the molecule is CCN1CCCN(c2cc3c(c(C)c2OC)C(CC#N)N(C(=O)c2c(Sc4c(Cl)ccc(CO)c4Cl)cc(C(F)(F)Cl)[nH]c2=O)C3)C1=O. The number of urea groups is 1. The third kappa shape index (κ3) is 6.44. The van der Waals surface area contributed by atoms with E-state index in [0.29, 0.717) is 59.5 Å². The number of amides is 3. The molecule has 2 N–H and O–H groups in total. The number of hydrogen-bond acceptors (Lipinski definition) is 7. The number of H-pyrrole nitrogens is 1. The summed E-state index contributed by atoms with van der Waals surface area (Å²) in [5.41, 5.74) is 0.0490. The number of benzene rings is 2. The van der Waals surface area contributed by atoms with Crippen LogP contribution in [0.25, 0.3) is 0 Å². The Bertz CT molecular complexity index is 1900. The molecule has 2 aliphatic rings. The molecule has 1 aromatic heterocycles. The molecule has 1 atom stereocenters. The number of pyridine rings is 1. The van der Waals surface area contributed by atoms with Crippen molar-refractivity contribution in [2.24, 2.45) is 0 Å². The quantitative estimate of drug-likeness (QED) is 0.222. The van der Waals surface area contributed by atoms with Crippen molar-refractivity contribution in [2.75, 3.05) is 31.6 Å². The van der Waals surface area contributed by atoms with Crippen molar-refractivity contribution in [3.05, 3.63) is 78.2 Å². The van der Waals surface area contributed by atoms with Crippen LogP contribution in [0, 0.1) is 18.3 Å². The summed E-state index contributed by atoms with van der Waals surface area (Å²) in [5.74, 6) is -0.440. The Kier molecular flexibility index (Phi) is 10.5. The van der Waals surface area contributed by atoms with Gasteiger partial charge in [0.1, 0.15) is 17.0 Å². The first kappa shape index (κ1) is 35.8. The van der Waals surface area contributed by atoms with E-state index in [2.05, 4.69) is 6.07 Å². The second-order valence-electron chi connectivity index (χ2n) is 11.2. The molecule has 0 spiro atoms. The van der Waals surface area contributed by atoms with Gasteiger partial charge < -0.3 is 24.6 Å². The number of halogens is 5. The molecule has 1 saturated heterocycles. The third-order valence-electron chi connectivity index (χ3n) is 8.45. The summed E-state index contributed by atoms with van der Waals surface area (Å²) in [5, 5.41) is 15.7. The molecule has 16 heteroatoms. The lowest BCUT2D eigenvalue weighted by Gasteiger charge is -2.36. The van der Waals surface area contributed by atoms with Crippen LogP contribution >= 0.6 is 46.6 Å². The highest BCUT2D eigenvalue weighted by Gasteiger charge is 2.41. The minimum Gasteiger partial charge on any atom is -0.494 e. The monoisotopic (exact) mass is 739 g/mol. The summed E-state index contributed by atoms with van der Waals surface area (Å²) in [6, 6.07) is 6.62. The maximum Gasteiger partial charge on any atom is 0.362 e. The van der Waals surface area contributed by atoms with Gasteiger partial charge in [0, 0.05) is 36.0 Å². The van der Waals surface area contributed by atoms with Gasteiger partial charge in [-0.1, -0.05) is 41.0 Å². The standard InChI is InChI=1S/C32H30Cl3F2N5O5S/c1-4-40-10-5-11-41(31(40)46)21-12-18-14-42(20(8-9-38)24(18)16(2)27(21)47-3)30(45)25-22(13-23(32(35,36)37)39-29(25)44)48-28-19(33)7-6-17(15-43)26(28)34/h6-7,12-13,20,43H,4-5,8,10-11,14-15H2,1-3H3,(H,39,44). The number of alkyl halides is 3. The third-order valence-corrected chi connectivity index (χ3v) is 10.8. The molecule has 10 nitrogen and oxygen atoms in total. The smallest absolute Gasteiger partial charge is 0.362 e. The Morgan fingerprint density at radius 2 is 1.98 bits per heavy atom. The van der Waals surface area contributed by atoms with Crippen LogP contribution in [0.4, 0.5) is 19.3 Å². The molecule has 0 saturated carbocycles. The van der Waals surface area contributed by atoms with Gasteiger partial charge in [0.05, 0.1) is 48.0 Å². The van der Waals surface area contributed by atoms with Crippen molar-refractivity contribution in [1.29, 1.82) is 5.26 Å². The fourth-order valence-electron chi connectivity index (χ4n) is 6.19. The average molecular weight is 741 g/mol. The highest BCUT2D eigenvalue weighted by Crippen LogP contribution is 2.48. The lowest BCUT2D eigenvalue weighted by molar-refractivity contribution is 0.0684. The molecule has 48 heavy (non-hydrogen) atoms. The number of nitriles is 1. The minimum atomic E-state index is -3.99. The van der Waals surface area contributed by atoms with Gasteiger partial charge in [-0.2, -0.15) is 14.0 Å². The molecule has 2 aliphatic heterocycles. The summed E-state index contributed by atoms with van der Waals surface area (Å²) in [6.07, 6.45) is 0.569. The summed E-state index contributed by atoms with van der Waals surface area (Å²) >= 11 is 18.8. The molecule has 1 fully saturated rings. The van der Waals surface area contributed by atoms with Crippen molar-refractivity contribution in [2.45, 2.75) is 61.1 Å². The topological polar surface area (TPSA) is 130 Å². The number of carbonyl (C=O) groups is 2. The van der Waals surface area contributed by atoms with E-state index in [9.17, 15) is 33.5 Å². The van der Waals surface area contributed by atoms with Crippen molar-refractivity contribution in [1.82, 2.24) is 14.8 Å². The van der Waals surface area contributed by atoms with E-state index in [1.54, 1.807) is 22.8 Å². The average Bonchev–Trinajstić information content (AvgIpc) is 3.41. The molecule has 0 radical (unpaired) electrons. The van der Waals surface area contributed by atoms with Crippen LogP contribution in [0.5, 0.6) is 5.75 Å². The number of rotatable bonds is 9. The first-order valence-corrected chi connectivity index (χ1v) is 16.8. The Morgan fingerprint density at radius 3 is 2.60 bits per heavy atom. The molecule has 254 valence electrons. The van der Waals surface area contributed by atoms with Crippen LogP contribution < -0.4 is 15.2 Å². The molecule has 2 aromatic carbocycles. The van der Waals surface area contributed by atoms with Crippen molar-refractivity contribution in [3.63, 3.8) is 0 Å². The largest absolute Gasteiger partial charge is 0.494 e. The number of hydrogen-bond donors (Lipinski definition) is 2. The number of aromatic amines is 1. The second kappa shape index (κ2) is 14.1. The lowest BCUT2D eigenvalue weighted by Crippen LogP contribution is -2.49. The van der Waals surface area contributed by atoms with E-state index in [-0.39, 0.29) is 44.4 Å². The van der Waals surface area contributed by atoms with Crippen molar-refractivity contribution >= 4 is 64.2 Å². The van der Waals surface area contributed by atoms with Crippen LogP contribution in [0.1, 0.15) is 64.1 Å². The van der Waals surface area contributed by atoms with E-state index in [1.165, 1.54) is 24.1 Å². The lowest BCUT2D eigenvalue weighted by atomic mass is 9.95. The van der Waals surface area contributed by atoms with E-state index >= 15 is 0 Å². The van der Waals surface area contributed by atoms with E-state index in [1.807, 2.05) is 11.9 Å². The number of ether oxygens (including phenoxy) is 1. The van der Waals surface area contributed by atoms with Crippen LogP contribution in [0.2, 0.25) is 10.0 Å². The Balaban J connectivity index is 1.64. The van der Waals surface area contributed by atoms with E-state index in [0.717, 1.165) is 12.5 Å². The second-order valence-corrected chi connectivity index (χ2v) is 13.5. The van der Waals surface area contributed by atoms with Crippen molar-refractivity contribution in [3.8, 4) is 11.8 Å². The fourth-order valence-corrected chi connectivity index (χ4v) is 8.02. The zero-order chi connectivity index (χ0) is 35.1. The number of aromatic nitrogens is 1. The van der Waals surface area contributed by atoms with Crippen LogP contribution in [-0.2, 0) is 18.5 Å². The van der Waals surface area contributed by atoms with Gasteiger partial charge >= 0.3 is 11.4 Å². The van der Waals surface area contributed by atoms with Gasteiger partial charge in [-0.15, -0.1) is 0 Å². The first-order valence-electron chi connectivity index (χ1n) is 14.8. The van der Waals surface area contributed by atoms with Gasteiger partial charge in [0.2, 0.25) is 0 Å². The highest BCUT2D eigenvalue weighted by atomic mass is 35.5. The Hall–Kier alpha value is -3.54. The van der Waals surface area contributed by atoms with Crippen LogP contribution in [0.3, 0.4) is 0 Å². The van der Waals surface area contributed by atoms with Crippen LogP contribution in [-0.4, -0.2) is 58.6 Å². The van der Waals surface area contributed by atoms with Gasteiger partial charge in [-0.3, -0.25) is 14.5 Å². The zero-order valence-electron chi connectivity index (χ0n) is 26.0. The maximum absolute atomic E-state index is 14.4. The number of aliphatic hydroxyl groups excluding tert-OH is 1. The van der Waals surface area contributed by atoms with Crippen LogP contribution in [0.15, 0.2) is 38.9 Å². The molecule has 5 rings (SSSR count). The first-order chi connectivity index (χ1) is 22.8. The maximum atomic E-state index is 14.4. The number of anilines is 1. The van der Waals surface area contributed by atoms with Gasteiger partial charge in [0.15, 0.2) is 0 Å². The minimum absolute atomic E-state index is 0.00736. The Morgan fingerprint density at radius 1 is 1.25 bits per heavy atom. The predicted octanol–water partition coefficient (Wildman–Crippen LogP) is 7.19. The van der Waals surface area contributed by atoms with E-state index in [4.69, 9.17) is 39.5 Å². The molecule has 0 bridgehead atoms. The molecule has 0 aliphatic carbocycles. The molecule has 1 unspecified atom stereocenters. The molecular weight excluding hydrogens is 711 g/mol. The summed E-state index contributed by atoms with van der Waals surface area (Å²) in [7, 11) is 1.47. The zero-order valence-corrected chi connectivity index (χ0v) is 29.1. The molecule has 3 amide bonds. The summed E-state index contributed by atoms with van der Waals surface area (Å²) in [4.78, 5) is 47.8. The van der Waals surface area contributed by atoms with Gasteiger partial charge in [0.25, 0.3) is 11.5 Å². The summed E-state index contributed by atoms with van der Waals surface area (Å²) in [6.45, 7) is 4.74. The summed E-state index contributed by atoms with van der Waals surface area (Å²) < 4.78 is 34.4. The molecular formula is C32H30Cl3F2N5O5S. The molecule has 3 heterocycles. The number of aliphatic hydroxyl groups is 1.